The van der Waals surface area contributed by atoms with Gasteiger partial charge in [0.15, 0.2) is 0 Å². The van der Waals surface area contributed by atoms with Crippen LogP contribution in [0.2, 0.25) is 0 Å². The van der Waals surface area contributed by atoms with Crippen LogP contribution in [0.25, 0.3) is 0 Å². The van der Waals surface area contributed by atoms with Gasteiger partial charge in [0.1, 0.15) is 5.75 Å². The Balaban J connectivity index is 2.24. The van der Waals surface area contributed by atoms with Gasteiger partial charge in [-0.2, -0.15) is 0 Å². The highest BCUT2D eigenvalue weighted by Gasteiger charge is 2.20. The molecular formula is C19H21N3O5. The highest BCUT2D eigenvalue weighted by molar-refractivity contribution is 6.44. The van der Waals surface area contributed by atoms with Crippen LogP contribution >= 0.6 is 0 Å². The molecule has 0 heterocycles. The zero-order valence-corrected chi connectivity index (χ0v) is 15.4. The summed E-state index contributed by atoms with van der Waals surface area (Å²) >= 11 is 0. The van der Waals surface area contributed by atoms with Gasteiger partial charge in [0.25, 0.3) is 5.69 Å². The summed E-state index contributed by atoms with van der Waals surface area (Å²) in [7, 11) is 1.36. The molecule has 0 aliphatic carbocycles. The Morgan fingerprint density at radius 3 is 2.15 bits per heavy atom. The van der Waals surface area contributed by atoms with Crippen LogP contribution < -0.4 is 15.4 Å². The fourth-order valence-electron chi connectivity index (χ4n) is 2.66. The van der Waals surface area contributed by atoms with Crippen LogP contribution in [0.3, 0.4) is 0 Å². The van der Waals surface area contributed by atoms with Crippen LogP contribution in [0.1, 0.15) is 25.0 Å². The van der Waals surface area contributed by atoms with Crippen molar-refractivity contribution in [1.29, 1.82) is 0 Å². The molecule has 142 valence electrons. The summed E-state index contributed by atoms with van der Waals surface area (Å²) in [6.45, 7) is 3.91. The van der Waals surface area contributed by atoms with Crippen LogP contribution in [0.5, 0.6) is 5.75 Å². The van der Waals surface area contributed by atoms with Crippen molar-refractivity contribution in [3.05, 3.63) is 57.6 Å². The Labute approximate surface area is 156 Å². The molecular weight excluding hydrogens is 350 g/mol. The SMILES string of the molecule is CCc1cccc(CC)c1NC(=O)C(=O)Nc1cc([N+](=O)[O-])ccc1OC. The molecule has 2 rings (SSSR count). The zero-order chi connectivity index (χ0) is 20.0. The van der Waals surface area contributed by atoms with Gasteiger partial charge in [0, 0.05) is 17.8 Å². The average Bonchev–Trinajstić information content (AvgIpc) is 2.67. The highest BCUT2D eigenvalue weighted by Crippen LogP contribution is 2.29. The second-order valence-corrected chi connectivity index (χ2v) is 5.71. The molecule has 0 radical (unpaired) electrons. The molecule has 2 aromatic carbocycles. The highest BCUT2D eigenvalue weighted by atomic mass is 16.6. The van der Waals surface area contributed by atoms with Gasteiger partial charge in [0.05, 0.1) is 17.7 Å². The minimum Gasteiger partial charge on any atom is -0.495 e. The van der Waals surface area contributed by atoms with Crippen LogP contribution in [0, 0.1) is 10.1 Å². The number of ether oxygens (including phenoxy) is 1. The lowest BCUT2D eigenvalue weighted by atomic mass is 10.0. The molecule has 0 saturated heterocycles. The molecule has 2 aromatic rings. The van der Waals surface area contributed by atoms with E-state index in [4.69, 9.17) is 4.74 Å². The normalized spacial score (nSPS) is 10.2. The van der Waals surface area contributed by atoms with Crippen molar-refractivity contribution < 1.29 is 19.2 Å². The van der Waals surface area contributed by atoms with E-state index in [-0.39, 0.29) is 17.1 Å². The van der Waals surface area contributed by atoms with Crippen LogP contribution in [0.4, 0.5) is 17.1 Å². The van der Waals surface area contributed by atoms with Gasteiger partial charge in [-0.1, -0.05) is 32.0 Å². The number of carbonyl (C=O) groups excluding carboxylic acids is 2. The number of rotatable bonds is 6. The molecule has 0 spiro atoms. The number of nitrogens with one attached hydrogen (secondary N) is 2. The number of nitro groups is 1. The third-order valence-electron chi connectivity index (χ3n) is 4.09. The summed E-state index contributed by atoms with van der Waals surface area (Å²) in [6, 6.07) is 9.42. The lowest BCUT2D eigenvalue weighted by Crippen LogP contribution is -2.30. The van der Waals surface area contributed by atoms with Gasteiger partial charge in [-0.05, 0) is 30.0 Å². The van der Waals surface area contributed by atoms with Gasteiger partial charge in [0.2, 0.25) is 0 Å². The monoisotopic (exact) mass is 371 g/mol. The number of hydrogen-bond acceptors (Lipinski definition) is 5. The second-order valence-electron chi connectivity index (χ2n) is 5.71. The summed E-state index contributed by atoms with van der Waals surface area (Å²) in [5, 5.41) is 15.9. The second kappa shape index (κ2) is 8.79. The smallest absolute Gasteiger partial charge is 0.314 e. The molecule has 8 nitrogen and oxygen atoms in total. The largest absolute Gasteiger partial charge is 0.495 e. The number of aryl methyl sites for hydroxylation is 2. The molecule has 8 heteroatoms. The summed E-state index contributed by atoms with van der Waals surface area (Å²) in [4.78, 5) is 35.0. The number of non-ortho nitro benzene ring substituents is 1. The predicted octanol–water partition coefficient (Wildman–Crippen LogP) is 3.31. The number of nitro benzene ring substituents is 1. The molecule has 0 unspecified atom stereocenters. The number of amides is 2. The van der Waals surface area contributed by atoms with Crippen LogP contribution in [-0.4, -0.2) is 23.8 Å². The zero-order valence-electron chi connectivity index (χ0n) is 15.4. The minimum absolute atomic E-state index is 0.0475. The maximum absolute atomic E-state index is 12.4. The average molecular weight is 371 g/mol. The third kappa shape index (κ3) is 4.60. The minimum atomic E-state index is -0.943. The van der Waals surface area contributed by atoms with Gasteiger partial charge in [-0.3, -0.25) is 19.7 Å². The molecule has 2 N–H and O–H groups in total. The first-order valence-corrected chi connectivity index (χ1v) is 8.46. The Hall–Kier alpha value is -3.42. The molecule has 0 aromatic heterocycles. The van der Waals surface area contributed by atoms with E-state index < -0.39 is 16.7 Å². The predicted molar refractivity (Wildman–Crippen MR) is 102 cm³/mol. The first kappa shape index (κ1) is 19.9. The summed E-state index contributed by atoms with van der Waals surface area (Å²) in [5.41, 5.74) is 2.28. The topological polar surface area (TPSA) is 111 Å². The molecule has 0 aliphatic rings. The lowest BCUT2D eigenvalue weighted by Gasteiger charge is -2.14. The lowest BCUT2D eigenvalue weighted by molar-refractivity contribution is -0.384. The molecule has 0 saturated carbocycles. The maximum atomic E-state index is 12.4. The third-order valence-corrected chi connectivity index (χ3v) is 4.09. The summed E-state index contributed by atoms with van der Waals surface area (Å²) in [6.07, 6.45) is 1.40. The van der Waals surface area contributed by atoms with Crippen molar-refractivity contribution in [3.63, 3.8) is 0 Å². The summed E-state index contributed by atoms with van der Waals surface area (Å²) < 4.78 is 5.08. The standard InChI is InChI=1S/C19H21N3O5/c1-4-12-7-6-8-13(5-2)17(12)21-19(24)18(23)20-15-11-14(22(25)26)9-10-16(15)27-3/h6-11H,4-5H2,1-3H3,(H,20,23)(H,21,24). The van der Waals surface area contributed by atoms with E-state index in [1.54, 1.807) is 0 Å². The first-order chi connectivity index (χ1) is 12.9. The van der Waals surface area contributed by atoms with E-state index in [0.29, 0.717) is 18.5 Å². The van der Waals surface area contributed by atoms with E-state index in [1.807, 2.05) is 32.0 Å². The van der Waals surface area contributed by atoms with E-state index in [9.17, 15) is 19.7 Å². The molecule has 0 aliphatic heterocycles. The van der Waals surface area contributed by atoms with Gasteiger partial charge in [-0.25, -0.2) is 0 Å². The van der Waals surface area contributed by atoms with Crippen molar-refractivity contribution in [2.75, 3.05) is 17.7 Å². The number of methoxy groups -OCH3 is 1. The molecule has 2 amide bonds. The number of nitrogens with zero attached hydrogens (tertiary/aromatic N) is 1. The molecule has 27 heavy (non-hydrogen) atoms. The van der Waals surface area contributed by atoms with Crippen molar-refractivity contribution in [1.82, 2.24) is 0 Å². The quantitative estimate of drug-likeness (QED) is 0.460. The van der Waals surface area contributed by atoms with Crippen LogP contribution in [-0.2, 0) is 22.4 Å². The fraction of sp³-hybridized carbons (Fsp3) is 0.263. The number of hydrogen-bond donors (Lipinski definition) is 2. The van der Waals surface area contributed by atoms with Crippen molar-refractivity contribution in [2.45, 2.75) is 26.7 Å². The number of anilines is 2. The van der Waals surface area contributed by atoms with Crippen molar-refractivity contribution in [3.8, 4) is 5.75 Å². The molecule has 0 fully saturated rings. The molecule has 0 atom stereocenters. The number of para-hydroxylation sites is 1. The van der Waals surface area contributed by atoms with Gasteiger partial charge in [-0.15, -0.1) is 0 Å². The van der Waals surface area contributed by atoms with E-state index >= 15 is 0 Å². The molecule has 0 bridgehead atoms. The Bertz CT molecular complexity index is 857. The fourth-order valence-corrected chi connectivity index (χ4v) is 2.66. The van der Waals surface area contributed by atoms with E-state index in [2.05, 4.69) is 10.6 Å². The maximum Gasteiger partial charge on any atom is 0.314 e. The van der Waals surface area contributed by atoms with Crippen molar-refractivity contribution in [2.24, 2.45) is 0 Å². The van der Waals surface area contributed by atoms with Gasteiger partial charge < -0.3 is 15.4 Å². The Morgan fingerprint density at radius 1 is 1.04 bits per heavy atom. The van der Waals surface area contributed by atoms with E-state index in [1.165, 1.54) is 19.2 Å². The first-order valence-electron chi connectivity index (χ1n) is 8.46. The number of benzene rings is 2. The van der Waals surface area contributed by atoms with Crippen molar-refractivity contribution >= 4 is 28.9 Å². The summed E-state index contributed by atoms with van der Waals surface area (Å²) in [5.74, 6) is -1.59. The van der Waals surface area contributed by atoms with Gasteiger partial charge >= 0.3 is 11.8 Å². The van der Waals surface area contributed by atoms with Crippen LogP contribution in [0.15, 0.2) is 36.4 Å². The Kier molecular flexibility index (Phi) is 6.48. The number of carbonyl (C=O) groups is 2. The van der Waals surface area contributed by atoms with E-state index in [0.717, 1.165) is 17.2 Å². The Morgan fingerprint density at radius 2 is 1.63 bits per heavy atom.